The van der Waals surface area contributed by atoms with Gasteiger partial charge in [-0.1, -0.05) is 39.0 Å². The quantitative estimate of drug-likeness (QED) is 0.433. The van der Waals surface area contributed by atoms with Gasteiger partial charge < -0.3 is 0 Å². The Morgan fingerprint density at radius 2 is 1.79 bits per heavy atom. The monoisotopic (exact) mass is 212 g/mol. The third-order valence-electron chi connectivity index (χ3n) is 1.89. The van der Waals surface area contributed by atoms with Gasteiger partial charge in [-0.2, -0.15) is 4.33 Å². The average Bonchev–Trinajstić information content (AvgIpc) is 2.14. The number of hydrogen-bond acceptors (Lipinski definition) is 3. The van der Waals surface area contributed by atoms with Crippen molar-refractivity contribution in [2.45, 2.75) is 31.1 Å². The highest BCUT2D eigenvalue weighted by Gasteiger charge is 2.17. The molecule has 3 heteroatoms. The largest absolute Gasteiger partial charge is 0.227 e. The molecule has 0 heterocycles. The van der Waals surface area contributed by atoms with Gasteiger partial charge >= 0.3 is 0 Å². The van der Waals surface area contributed by atoms with Crippen LogP contribution in [0.15, 0.2) is 29.2 Å². The van der Waals surface area contributed by atoms with Crippen LogP contribution in [-0.4, -0.2) is 7.11 Å². The molecule has 14 heavy (non-hydrogen) atoms. The van der Waals surface area contributed by atoms with Gasteiger partial charge in [0.05, 0.1) is 19.2 Å². The van der Waals surface area contributed by atoms with E-state index in [0.717, 1.165) is 4.90 Å². The molecule has 0 unspecified atom stereocenters. The summed E-state index contributed by atoms with van der Waals surface area (Å²) in [5, 5.41) is 0. The molecule has 0 amide bonds. The Hall–Kier alpha value is -0.510. The van der Waals surface area contributed by atoms with Crippen molar-refractivity contribution in [1.29, 1.82) is 0 Å². The summed E-state index contributed by atoms with van der Waals surface area (Å²) in [6.07, 6.45) is 0. The molecule has 2 nitrogen and oxygen atoms in total. The van der Waals surface area contributed by atoms with Gasteiger partial charge in [0.1, 0.15) is 0 Å². The van der Waals surface area contributed by atoms with Crippen LogP contribution < -0.4 is 0 Å². The van der Waals surface area contributed by atoms with Crippen molar-refractivity contribution in [1.82, 2.24) is 0 Å². The summed E-state index contributed by atoms with van der Waals surface area (Å²) in [5.41, 5.74) is 1.39. The lowest BCUT2D eigenvalue weighted by atomic mass is 9.87. The Kier molecular flexibility index (Phi) is 3.98. The van der Waals surface area contributed by atoms with Crippen molar-refractivity contribution < 1.29 is 9.22 Å². The Morgan fingerprint density at radius 1 is 1.14 bits per heavy atom. The van der Waals surface area contributed by atoms with E-state index in [0.29, 0.717) is 0 Å². The molecule has 0 bridgehead atoms. The van der Waals surface area contributed by atoms with E-state index in [9.17, 15) is 0 Å². The van der Waals surface area contributed by atoms with Gasteiger partial charge in [-0.15, -0.1) is 0 Å². The van der Waals surface area contributed by atoms with E-state index in [4.69, 9.17) is 4.33 Å². The zero-order valence-corrected chi connectivity index (χ0v) is 9.85. The first-order chi connectivity index (χ1) is 6.55. The lowest BCUT2D eigenvalue weighted by molar-refractivity contribution is -0.160. The number of hydrogen-bond donors (Lipinski definition) is 0. The van der Waals surface area contributed by atoms with Crippen LogP contribution >= 0.6 is 12.0 Å². The fourth-order valence-electron chi connectivity index (χ4n) is 1.23. The van der Waals surface area contributed by atoms with Crippen LogP contribution in [0, 0.1) is 0 Å². The predicted octanol–water partition coefficient (Wildman–Crippen LogP) is 3.57. The maximum absolute atomic E-state index is 4.87. The Balaban J connectivity index is 2.92. The van der Waals surface area contributed by atoms with Gasteiger partial charge in [-0.3, -0.25) is 0 Å². The lowest BCUT2D eigenvalue weighted by Gasteiger charge is -2.21. The molecule has 1 aromatic rings. The van der Waals surface area contributed by atoms with E-state index in [1.165, 1.54) is 24.7 Å². The second kappa shape index (κ2) is 4.82. The summed E-state index contributed by atoms with van der Waals surface area (Å²) in [6, 6.07) is 8.18. The standard InChI is InChI=1S/C11H16O2S/c1-11(2,3)9-7-5-6-8-10(9)14-13-12-4/h5-8H,1-4H3. The van der Waals surface area contributed by atoms with Crippen molar-refractivity contribution in [3.05, 3.63) is 29.8 Å². The third kappa shape index (κ3) is 3.01. The van der Waals surface area contributed by atoms with E-state index in [1.807, 2.05) is 18.2 Å². The zero-order chi connectivity index (χ0) is 10.6. The maximum atomic E-state index is 4.87. The molecule has 0 N–H and O–H groups in total. The van der Waals surface area contributed by atoms with Crippen LogP contribution in [0.2, 0.25) is 0 Å². The molecule has 1 rings (SSSR count). The highest BCUT2D eigenvalue weighted by atomic mass is 32.2. The molecule has 78 valence electrons. The Bertz CT molecular complexity index is 292. The molecule has 0 aliphatic rings. The van der Waals surface area contributed by atoms with Gasteiger partial charge in [0, 0.05) is 4.90 Å². The molecule has 0 spiro atoms. The van der Waals surface area contributed by atoms with Crippen molar-refractivity contribution in [2.24, 2.45) is 0 Å². The molecule has 0 aromatic heterocycles. The van der Waals surface area contributed by atoms with E-state index in [2.05, 4.69) is 31.7 Å². The molecule has 0 atom stereocenters. The van der Waals surface area contributed by atoms with Gasteiger partial charge in [-0.25, -0.2) is 4.89 Å². The molecule has 1 aromatic carbocycles. The summed E-state index contributed by atoms with van der Waals surface area (Å²) in [7, 11) is 1.51. The van der Waals surface area contributed by atoms with Crippen LogP contribution in [-0.2, 0) is 14.6 Å². The van der Waals surface area contributed by atoms with E-state index in [-0.39, 0.29) is 5.41 Å². The molecule has 0 aliphatic heterocycles. The zero-order valence-electron chi connectivity index (χ0n) is 9.03. The predicted molar refractivity (Wildman–Crippen MR) is 59.1 cm³/mol. The van der Waals surface area contributed by atoms with Gasteiger partial charge in [-0.05, 0) is 17.0 Å². The van der Waals surface area contributed by atoms with Crippen LogP contribution in [0.3, 0.4) is 0 Å². The summed E-state index contributed by atoms with van der Waals surface area (Å²) in [6.45, 7) is 6.54. The van der Waals surface area contributed by atoms with Crippen molar-refractivity contribution in [2.75, 3.05) is 7.11 Å². The first-order valence-electron chi connectivity index (χ1n) is 4.52. The Labute approximate surface area is 89.7 Å². The van der Waals surface area contributed by atoms with E-state index >= 15 is 0 Å². The summed E-state index contributed by atoms with van der Waals surface area (Å²) in [5.74, 6) is 0. The second-order valence-corrected chi connectivity index (χ2v) is 4.81. The maximum Gasteiger partial charge on any atom is 0.0725 e. The van der Waals surface area contributed by atoms with Crippen molar-refractivity contribution >= 4 is 12.0 Å². The second-order valence-electron chi connectivity index (χ2n) is 4.06. The molecule has 0 radical (unpaired) electrons. The normalized spacial score (nSPS) is 11.7. The smallest absolute Gasteiger partial charge is 0.0725 e. The average molecular weight is 212 g/mol. The van der Waals surface area contributed by atoms with Gasteiger partial charge in [0.25, 0.3) is 0 Å². The van der Waals surface area contributed by atoms with Crippen molar-refractivity contribution in [3.63, 3.8) is 0 Å². The summed E-state index contributed by atoms with van der Waals surface area (Å²) >= 11 is 1.25. The molecule has 0 fully saturated rings. The van der Waals surface area contributed by atoms with Crippen LogP contribution in [0.5, 0.6) is 0 Å². The number of rotatable bonds is 3. The van der Waals surface area contributed by atoms with Crippen LogP contribution in [0.4, 0.5) is 0 Å². The minimum atomic E-state index is 0.126. The number of benzene rings is 1. The van der Waals surface area contributed by atoms with Crippen LogP contribution in [0.25, 0.3) is 0 Å². The van der Waals surface area contributed by atoms with Gasteiger partial charge in [0.2, 0.25) is 0 Å². The lowest BCUT2D eigenvalue weighted by Crippen LogP contribution is -2.12. The first kappa shape index (κ1) is 11.6. The SMILES string of the molecule is COOSc1ccccc1C(C)(C)C. The van der Waals surface area contributed by atoms with Crippen molar-refractivity contribution in [3.8, 4) is 0 Å². The van der Waals surface area contributed by atoms with E-state index < -0.39 is 0 Å². The third-order valence-corrected chi connectivity index (χ3v) is 2.63. The fourth-order valence-corrected chi connectivity index (χ4v) is 1.97. The van der Waals surface area contributed by atoms with E-state index in [1.54, 1.807) is 0 Å². The molecular formula is C11H16O2S. The minimum Gasteiger partial charge on any atom is -0.227 e. The van der Waals surface area contributed by atoms with Gasteiger partial charge in [0.15, 0.2) is 0 Å². The summed E-state index contributed by atoms with van der Waals surface area (Å²) in [4.78, 5) is 5.68. The fraction of sp³-hybridized carbons (Fsp3) is 0.455. The topological polar surface area (TPSA) is 18.5 Å². The molecule has 0 saturated carbocycles. The molecular weight excluding hydrogens is 196 g/mol. The highest BCUT2D eigenvalue weighted by Crippen LogP contribution is 2.32. The van der Waals surface area contributed by atoms with Crippen LogP contribution in [0.1, 0.15) is 26.3 Å². The minimum absolute atomic E-state index is 0.126. The summed E-state index contributed by atoms with van der Waals surface area (Å²) < 4.78 is 4.87. The highest BCUT2D eigenvalue weighted by molar-refractivity contribution is 7.94. The Morgan fingerprint density at radius 3 is 2.36 bits per heavy atom. The molecule has 0 saturated heterocycles. The molecule has 0 aliphatic carbocycles. The first-order valence-corrected chi connectivity index (χ1v) is 5.26.